The fourth-order valence-electron chi connectivity index (χ4n) is 4.68. The van der Waals surface area contributed by atoms with Crippen molar-refractivity contribution in [1.29, 1.82) is 0 Å². The number of hydrogen-bond donors (Lipinski definition) is 1. The van der Waals surface area contributed by atoms with Gasteiger partial charge in [-0.3, -0.25) is 0 Å². The van der Waals surface area contributed by atoms with Crippen molar-refractivity contribution < 1.29 is 0 Å². The molecule has 3 aromatic rings. The lowest BCUT2D eigenvalue weighted by atomic mass is 9.88. The Balaban J connectivity index is 1.48. The predicted octanol–water partition coefficient (Wildman–Crippen LogP) is 8.15. The first-order valence-corrected chi connectivity index (χ1v) is 13.7. The first-order valence-electron chi connectivity index (χ1n) is 11.2. The van der Waals surface area contributed by atoms with Crippen LogP contribution in [0, 0.1) is 0 Å². The van der Waals surface area contributed by atoms with E-state index in [4.69, 9.17) is 28.2 Å². The highest BCUT2D eigenvalue weighted by Crippen LogP contribution is 2.48. The quantitative estimate of drug-likeness (QED) is 0.339. The van der Waals surface area contributed by atoms with Crippen LogP contribution in [0.25, 0.3) is 11.8 Å². The molecule has 1 atom stereocenters. The highest BCUT2D eigenvalue weighted by Gasteiger charge is 2.40. The fraction of sp³-hybridized carbons (Fsp3) is 0.107. The maximum atomic E-state index is 6.26. The molecule has 0 saturated heterocycles. The van der Waals surface area contributed by atoms with Gasteiger partial charge in [-0.05, 0) is 70.3 Å². The molecule has 0 fully saturated rings. The van der Waals surface area contributed by atoms with E-state index in [0.717, 1.165) is 55.3 Å². The van der Waals surface area contributed by atoms with Crippen LogP contribution < -0.4 is 5.32 Å². The van der Waals surface area contributed by atoms with Crippen LogP contribution in [0.4, 0.5) is 0 Å². The van der Waals surface area contributed by atoms with Crippen LogP contribution in [0.3, 0.4) is 0 Å². The van der Waals surface area contributed by atoms with Crippen molar-refractivity contribution in [3.05, 3.63) is 126 Å². The van der Waals surface area contributed by atoms with E-state index in [-0.39, 0.29) is 6.04 Å². The number of rotatable bonds is 3. The molecule has 0 spiro atoms. The van der Waals surface area contributed by atoms with E-state index >= 15 is 0 Å². The lowest BCUT2D eigenvalue weighted by Crippen LogP contribution is -2.40. The van der Waals surface area contributed by atoms with Gasteiger partial charge in [0.15, 0.2) is 5.17 Å². The number of aliphatic imine (C=N–C) groups is 1. The molecule has 7 heteroatoms. The minimum Gasteiger partial charge on any atom is -0.309 e. The van der Waals surface area contributed by atoms with Gasteiger partial charge in [0.2, 0.25) is 0 Å². The zero-order valence-corrected chi connectivity index (χ0v) is 22.4. The van der Waals surface area contributed by atoms with Crippen molar-refractivity contribution >= 4 is 67.8 Å². The molecule has 0 bridgehead atoms. The largest absolute Gasteiger partial charge is 0.309 e. The van der Waals surface area contributed by atoms with Crippen LogP contribution in [0.2, 0.25) is 10.0 Å². The zero-order valence-electron chi connectivity index (χ0n) is 18.5. The minimum absolute atomic E-state index is 0.0149. The average Bonchev–Trinajstić information content (AvgIpc) is 3.29. The number of nitrogens with zero attached hydrogens (tertiary/aromatic N) is 2. The lowest BCUT2D eigenvalue weighted by Gasteiger charge is -2.40. The Morgan fingerprint density at radius 1 is 0.914 bits per heavy atom. The summed E-state index contributed by atoms with van der Waals surface area (Å²) < 4.78 is 1.06. The second-order valence-corrected chi connectivity index (χ2v) is 11.2. The Morgan fingerprint density at radius 3 is 2.31 bits per heavy atom. The topological polar surface area (TPSA) is 27.6 Å². The summed E-state index contributed by atoms with van der Waals surface area (Å²) in [5.74, 6) is 0. The van der Waals surface area contributed by atoms with Gasteiger partial charge in [0.25, 0.3) is 0 Å². The summed E-state index contributed by atoms with van der Waals surface area (Å²) in [6.07, 6.45) is 2.21. The van der Waals surface area contributed by atoms with Crippen molar-refractivity contribution in [1.82, 2.24) is 10.2 Å². The van der Waals surface area contributed by atoms with Gasteiger partial charge < -0.3 is 10.2 Å². The molecular weight excluding hydrogens is 561 g/mol. The van der Waals surface area contributed by atoms with Gasteiger partial charge in [0.05, 0.1) is 17.4 Å². The molecule has 0 aliphatic carbocycles. The standard InChI is InChI=1S/C28H20BrCl2N3S/c29-21-7-3-18(4-8-21)25-16-35-28-33-26-20(13-17-1-9-22(30)10-2-17)14-32-15-24(26)27(34(25)28)19-5-11-23(31)12-6-19/h1-13,16,27,32H,14-15H2/b20-13-. The second-order valence-electron chi connectivity index (χ2n) is 8.54. The molecule has 3 heterocycles. The van der Waals surface area contributed by atoms with E-state index < -0.39 is 0 Å². The molecule has 174 valence electrons. The molecule has 0 saturated carbocycles. The molecule has 1 N–H and O–H groups in total. The average molecular weight is 581 g/mol. The molecule has 3 aliphatic rings. The fourth-order valence-corrected chi connectivity index (χ4v) is 6.13. The number of nitrogens with one attached hydrogen (secondary N) is 1. The van der Waals surface area contributed by atoms with Crippen molar-refractivity contribution in [3.8, 4) is 0 Å². The van der Waals surface area contributed by atoms with E-state index in [1.165, 1.54) is 16.7 Å². The number of benzene rings is 3. The molecule has 35 heavy (non-hydrogen) atoms. The third-order valence-corrected chi connectivity index (χ3v) is 8.19. The van der Waals surface area contributed by atoms with Crippen molar-refractivity contribution in [3.63, 3.8) is 0 Å². The molecule has 1 unspecified atom stereocenters. The zero-order chi connectivity index (χ0) is 23.9. The Bertz CT molecular complexity index is 1410. The monoisotopic (exact) mass is 579 g/mol. The van der Waals surface area contributed by atoms with Crippen LogP contribution in [0.1, 0.15) is 22.7 Å². The molecule has 3 nitrogen and oxygen atoms in total. The van der Waals surface area contributed by atoms with Gasteiger partial charge in [0, 0.05) is 33.0 Å². The van der Waals surface area contributed by atoms with Crippen LogP contribution in [-0.4, -0.2) is 23.2 Å². The number of amidine groups is 1. The van der Waals surface area contributed by atoms with Crippen LogP contribution >= 0.6 is 50.9 Å². The molecular formula is C28H20BrCl2N3S. The normalized spacial score (nSPS) is 20.5. The van der Waals surface area contributed by atoms with Crippen molar-refractivity contribution in [2.75, 3.05) is 13.1 Å². The number of fused-ring (bicyclic) bond motifs is 1. The van der Waals surface area contributed by atoms with Gasteiger partial charge in [-0.1, -0.05) is 87.3 Å². The maximum Gasteiger partial charge on any atom is 0.174 e. The number of halogens is 3. The maximum absolute atomic E-state index is 6.26. The number of hydrogen-bond acceptors (Lipinski definition) is 4. The summed E-state index contributed by atoms with van der Waals surface area (Å²) in [7, 11) is 0. The Labute approximate surface area is 227 Å². The Kier molecular flexibility index (Phi) is 6.37. The first-order chi connectivity index (χ1) is 17.1. The molecule has 0 aromatic heterocycles. The highest BCUT2D eigenvalue weighted by molar-refractivity contribution is 9.10. The lowest BCUT2D eigenvalue weighted by molar-refractivity contribution is 0.462. The molecule has 3 aliphatic heterocycles. The molecule has 6 rings (SSSR count). The van der Waals surface area contributed by atoms with Gasteiger partial charge in [0.1, 0.15) is 0 Å². The SMILES string of the molecule is Clc1ccc(/C=C2/CNCC3=C2N=C2SC=C(c4ccc(Br)cc4)N2C3c2ccc(Cl)cc2)cc1. The summed E-state index contributed by atoms with van der Waals surface area (Å²) in [6.45, 7) is 1.54. The third kappa shape index (κ3) is 4.52. The summed E-state index contributed by atoms with van der Waals surface area (Å²) >= 11 is 17.6. The molecule has 0 radical (unpaired) electrons. The number of thioether (sulfide) groups is 1. The first kappa shape index (κ1) is 23.1. The molecule has 3 aromatic carbocycles. The van der Waals surface area contributed by atoms with Crippen LogP contribution in [0.15, 0.2) is 105 Å². The second kappa shape index (κ2) is 9.64. The van der Waals surface area contributed by atoms with Gasteiger partial charge in [-0.15, -0.1) is 0 Å². The smallest absolute Gasteiger partial charge is 0.174 e. The van der Waals surface area contributed by atoms with E-state index in [9.17, 15) is 0 Å². The summed E-state index contributed by atoms with van der Waals surface area (Å²) in [4.78, 5) is 7.57. The summed E-state index contributed by atoms with van der Waals surface area (Å²) in [5.41, 5.74) is 8.12. The van der Waals surface area contributed by atoms with E-state index in [2.05, 4.69) is 74.0 Å². The van der Waals surface area contributed by atoms with Crippen LogP contribution in [-0.2, 0) is 0 Å². The van der Waals surface area contributed by atoms with Gasteiger partial charge in [-0.2, -0.15) is 0 Å². The predicted molar refractivity (Wildman–Crippen MR) is 153 cm³/mol. The minimum atomic E-state index is 0.0149. The van der Waals surface area contributed by atoms with Gasteiger partial charge in [-0.25, -0.2) is 4.99 Å². The highest BCUT2D eigenvalue weighted by atomic mass is 79.9. The molecule has 0 amide bonds. The van der Waals surface area contributed by atoms with E-state index in [0.29, 0.717) is 0 Å². The van der Waals surface area contributed by atoms with Crippen LogP contribution in [0.5, 0.6) is 0 Å². The third-order valence-electron chi connectivity index (χ3n) is 6.31. The van der Waals surface area contributed by atoms with Crippen molar-refractivity contribution in [2.24, 2.45) is 4.99 Å². The van der Waals surface area contributed by atoms with Gasteiger partial charge >= 0.3 is 0 Å². The van der Waals surface area contributed by atoms with Crippen molar-refractivity contribution in [2.45, 2.75) is 6.04 Å². The van der Waals surface area contributed by atoms with E-state index in [1.807, 2.05) is 36.4 Å². The van der Waals surface area contributed by atoms with E-state index in [1.54, 1.807) is 11.8 Å². The Morgan fingerprint density at radius 2 is 1.60 bits per heavy atom. The summed E-state index contributed by atoms with van der Waals surface area (Å²) in [6, 6.07) is 24.6. The Hall–Kier alpha value is -2.28. The summed E-state index contributed by atoms with van der Waals surface area (Å²) in [5, 5.41) is 8.28.